The summed E-state index contributed by atoms with van der Waals surface area (Å²) in [5, 5.41) is 4.04. The van der Waals surface area contributed by atoms with Crippen LogP contribution >= 0.6 is 0 Å². The van der Waals surface area contributed by atoms with E-state index in [2.05, 4.69) is 48.7 Å². The van der Waals surface area contributed by atoms with Crippen molar-refractivity contribution in [3.63, 3.8) is 0 Å². The van der Waals surface area contributed by atoms with E-state index < -0.39 is 0 Å². The van der Waals surface area contributed by atoms with Crippen LogP contribution in [0.1, 0.15) is 50.2 Å². The summed E-state index contributed by atoms with van der Waals surface area (Å²) in [6.45, 7) is 6.21. The van der Waals surface area contributed by atoms with E-state index in [0.717, 1.165) is 36.1 Å². The van der Waals surface area contributed by atoms with Gasteiger partial charge in [0, 0.05) is 6.21 Å². The number of rotatable bonds is 6. The fraction of sp³-hybridized carbons (Fsp3) is 0.474. The third-order valence-corrected chi connectivity index (χ3v) is 3.93. The number of hydrogen-bond acceptors (Lipinski definition) is 3. The van der Waals surface area contributed by atoms with E-state index in [1.54, 1.807) is 0 Å². The lowest BCUT2D eigenvalue weighted by atomic mass is 9.96. The molecule has 0 saturated heterocycles. The van der Waals surface area contributed by atoms with Crippen LogP contribution in [0.2, 0.25) is 0 Å². The number of nitrogens with zero attached hydrogens (tertiary/aromatic N) is 1. The smallest absolute Gasteiger partial charge is 0.277 e. The van der Waals surface area contributed by atoms with Crippen LogP contribution in [0.3, 0.4) is 0 Å². The number of hydrazone groups is 1. The molecule has 0 radical (unpaired) electrons. The summed E-state index contributed by atoms with van der Waals surface area (Å²) >= 11 is 0. The Morgan fingerprint density at radius 3 is 2.96 bits per heavy atom. The average molecular weight is 314 g/mol. The van der Waals surface area contributed by atoms with Crippen molar-refractivity contribution >= 4 is 12.1 Å². The summed E-state index contributed by atoms with van der Waals surface area (Å²) in [4.78, 5) is 11.9. The molecule has 0 fully saturated rings. The number of aryl methyl sites for hydroxylation is 1. The van der Waals surface area contributed by atoms with E-state index in [4.69, 9.17) is 4.74 Å². The maximum atomic E-state index is 11.9. The average Bonchev–Trinajstić information content (AvgIpc) is 2.53. The molecule has 1 aromatic rings. The molecule has 1 aromatic carbocycles. The topological polar surface area (TPSA) is 50.7 Å². The highest BCUT2D eigenvalue weighted by molar-refractivity contribution is 5.78. The Balaban J connectivity index is 1.83. The van der Waals surface area contributed by atoms with Crippen molar-refractivity contribution < 1.29 is 9.53 Å². The minimum atomic E-state index is -0.233. The number of nitrogens with one attached hydrogen (secondary N) is 1. The molecule has 4 nitrogen and oxygen atoms in total. The quantitative estimate of drug-likeness (QED) is 0.491. The van der Waals surface area contributed by atoms with Crippen molar-refractivity contribution in [1.82, 2.24) is 5.43 Å². The first-order valence-electron chi connectivity index (χ1n) is 8.26. The predicted molar refractivity (Wildman–Crippen MR) is 93.9 cm³/mol. The SMILES string of the molecule is Cc1ccc(C(C)C)c(OCC(=O)N/N=C\[C@H]2CC=CCC2)c1. The fourth-order valence-electron chi connectivity index (χ4n) is 2.59. The van der Waals surface area contributed by atoms with Gasteiger partial charge in [0.15, 0.2) is 6.61 Å². The highest BCUT2D eigenvalue weighted by atomic mass is 16.5. The van der Waals surface area contributed by atoms with Crippen LogP contribution in [0.25, 0.3) is 0 Å². The minimum absolute atomic E-state index is 0.0227. The van der Waals surface area contributed by atoms with E-state index in [1.165, 1.54) is 0 Å². The van der Waals surface area contributed by atoms with Crippen molar-refractivity contribution in [3.8, 4) is 5.75 Å². The number of allylic oxidation sites excluding steroid dienone is 2. The van der Waals surface area contributed by atoms with Gasteiger partial charge in [-0.05, 0) is 55.2 Å². The second-order valence-electron chi connectivity index (χ2n) is 6.34. The van der Waals surface area contributed by atoms with Gasteiger partial charge in [0.2, 0.25) is 0 Å². The van der Waals surface area contributed by atoms with Crippen LogP contribution in [-0.4, -0.2) is 18.7 Å². The second-order valence-corrected chi connectivity index (χ2v) is 6.34. The highest BCUT2D eigenvalue weighted by Crippen LogP contribution is 2.27. The summed E-state index contributed by atoms with van der Waals surface area (Å²) in [5.41, 5.74) is 4.78. The largest absolute Gasteiger partial charge is 0.483 e. The van der Waals surface area contributed by atoms with E-state index in [1.807, 2.05) is 19.2 Å². The van der Waals surface area contributed by atoms with E-state index in [9.17, 15) is 4.79 Å². The molecular formula is C19H26N2O2. The van der Waals surface area contributed by atoms with Crippen molar-refractivity contribution in [3.05, 3.63) is 41.5 Å². The Morgan fingerprint density at radius 1 is 1.43 bits per heavy atom. The van der Waals surface area contributed by atoms with Crippen molar-refractivity contribution in [2.24, 2.45) is 11.0 Å². The number of benzene rings is 1. The molecule has 0 bridgehead atoms. The number of ether oxygens (including phenoxy) is 1. The van der Waals surface area contributed by atoms with Crippen molar-refractivity contribution in [1.29, 1.82) is 0 Å². The summed E-state index contributed by atoms with van der Waals surface area (Å²) in [6.07, 6.45) is 9.35. The van der Waals surface area contributed by atoms with Gasteiger partial charge in [-0.3, -0.25) is 4.79 Å². The van der Waals surface area contributed by atoms with Gasteiger partial charge in [-0.25, -0.2) is 5.43 Å². The van der Waals surface area contributed by atoms with E-state index in [0.29, 0.717) is 11.8 Å². The molecule has 4 heteroatoms. The lowest BCUT2D eigenvalue weighted by Gasteiger charge is -2.14. The van der Waals surface area contributed by atoms with Crippen LogP contribution < -0.4 is 10.2 Å². The number of amides is 1. The Bertz CT molecular complexity index is 591. The Morgan fingerprint density at radius 2 is 2.26 bits per heavy atom. The molecule has 124 valence electrons. The lowest BCUT2D eigenvalue weighted by molar-refractivity contribution is -0.123. The van der Waals surface area contributed by atoms with Crippen LogP contribution in [-0.2, 0) is 4.79 Å². The van der Waals surface area contributed by atoms with Gasteiger partial charge in [-0.15, -0.1) is 0 Å². The van der Waals surface area contributed by atoms with Crippen LogP contribution in [0.5, 0.6) is 5.75 Å². The molecule has 0 aliphatic heterocycles. The zero-order chi connectivity index (χ0) is 16.7. The Labute approximate surface area is 138 Å². The van der Waals surface area contributed by atoms with Gasteiger partial charge in [0.1, 0.15) is 5.75 Å². The first-order valence-corrected chi connectivity index (χ1v) is 8.26. The van der Waals surface area contributed by atoms with E-state index in [-0.39, 0.29) is 12.5 Å². The van der Waals surface area contributed by atoms with Crippen LogP contribution in [0, 0.1) is 12.8 Å². The predicted octanol–water partition coefficient (Wildman–Crippen LogP) is 3.96. The molecule has 1 atom stereocenters. The zero-order valence-corrected chi connectivity index (χ0v) is 14.2. The third kappa shape index (κ3) is 5.55. The molecule has 1 amide bonds. The van der Waals surface area contributed by atoms with Gasteiger partial charge in [0.05, 0.1) is 0 Å². The zero-order valence-electron chi connectivity index (χ0n) is 14.2. The van der Waals surface area contributed by atoms with Gasteiger partial charge < -0.3 is 4.74 Å². The number of carbonyl (C=O) groups is 1. The first kappa shape index (κ1) is 17.3. The Kier molecular flexibility index (Phi) is 6.39. The van der Waals surface area contributed by atoms with Gasteiger partial charge >= 0.3 is 0 Å². The second kappa shape index (κ2) is 8.51. The minimum Gasteiger partial charge on any atom is -0.483 e. The van der Waals surface area contributed by atoms with Crippen LogP contribution in [0.15, 0.2) is 35.5 Å². The van der Waals surface area contributed by atoms with Crippen LogP contribution in [0.4, 0.5) is 0 Å². The summed E-state index contributed by atoms with van der Waals surface area (Å²) < 4.78 is 5.69. The van der Waals surface area contributed by atoms with E-state index >= 15 is 0 Å². The molecule has 0 aromatic heterocycles. The van der Waals surface area contributed by atoms with Crippen molar-refractivity contribution in [2.45, 2.75) is 46.0 Å². The normalized spacial score (nSPS) is 17.7. The molecule has 0 heterocycles. The number of hydrogen-bond donors (Lipinski definition) is 1. The molecular weight excluding hydrogens is 288 g/mol. The molecule has 2 rings (SSSR count). The molecule has 1 aliphatic rings. The molecule has 0 saturated carbocycles. The number of carbonyl (C=O) groups excluding carboxylic acids is 1. The molecule has 23 heavy (non-hydrogen) atoms. The lowest BCUT2D eigenvalue weighted by Crippen LogP contribution is -2.25. The first-order chi connectivity index (χ1) is 11.1. The van der Waals surface area contributed by atoms with Crippen molar-refractivity contribution in [2.75, 3.05) is 6.61 Å². The summed E-state index contributed by atoms with van der Waals surface area (Å²) in [7, 11) is 0. The Hall–Kier alpha value is -2.10. The fourth-order valence-corrected chi connectivity index (χ4v) is 2.59. The molecule has 0 spiro atoms. The maximum Gasteiger partial charge on any atom is 0.277 e. The van der Waals surface area contributed by atoms with Gasteiger partial charge in [-0.2, -0.15) is 5.10 Å². The standard InChI is InChI=1S/C19H26N2O2/c1-14(2)17-10-9-15(3)11-18(17)23-13-19(22)21-20-12-16-7-5-4-6-8-16/h4-5,9-12,14,16H,6-8,13H2,1-3H3,(H,21,22)/b20-12-/t16-/m0/s1. The molecule has 1 aliphatic carbocycles. The molecule has 1 N–H and O–H groups in total. The van der Waals surface area contributed by atoms with Gasteiger partial charge in [0.25, 0.3) is 5.91 Å². The third-order valence-electron chi connectivity index (χ3n) is 3.93. The monoisotopic (exact) mass is 314 g/mol. The maximum absolute atomic E-state index is 11.9. The summed E-state index contributed by atoms with van der Waals surface area (Å²) in [5.74, 6) is 1.32. The molecule has 0 unspecified atom stereocenters. The highest BCUT2D eigenvalue weighted by Gasteiger charge is 2.10. The van der Waals surface area contributed by atoms with Gasteiger partial charge in [-0.1, -0.05) is 38.1 Å². The summed E-state index contributed by atoms with van der Waals surface area (Å²) in [6, 6.07) is 6.09.